The van der Waals surface area contributed by atoms with Crippen molar-refractivity contribution in [3.63, 3.8) is 0 Å². The van der Waals surface area contributed by atoms with Crippen LogP contribution in [0.2, 0.25) is 0 Å². The van der Waals surface area contributed by atoms with Gasteiger partial charge in [-0.15, -0.1) is 0 Å². The molecule has 2 unspecified atom stereocenters. The van der Waals surface area contributed by atoms with E-state index >= 15 is 0 Å². The highest BCUT2D eigenvalue weighted by Crippen LogP contribution is 2.36. The molecule has 0 radical (unpaired) electrons. The normalized spacial score (nSPS) is 20.8. The molecular formula is C21H23F2N7O. The maximum Gasteiger partial charge on any atom is 0.291 e. The van der Waals surface area contributed by atoms with Crippen LogP contribution in [0.25, 0.3) is 11.3 Å². The fourth-order valence-electron chi connectivity index (χ4n) is 4.72. The second kappa shape index (κ2) is 7.52. The Morgan fingerprint density at radius 3 is 2.71 bits per heavy atom. The van der Waals surface area contributed by atoms with Gasteiger partial charge in [-0.25, -0.2) is 18.4 Å². The van der Waals surface area contributed by atoms with E-state index in [2.05, 4.69) is 20.5 Å². The molecule has 0 spiro atoms. The fourth-order valence-corrected chi connectivity index (χ4v) is 4.72. The van der Waals surface area contributed by atoms with Gasteiger partial charge in [-0.3, -0.25) is 9.48 Å². The number of nitrogens with one attached hydrogen (secondary N) is 1. The lowest BCUT2D eigenvalue weighted by Crippen LogP contribution is -2.40. The van der Waals surface area contributed by atoms with E-state index in [0.717, 1.165) is 36.8 Å². The zero-order chi connectivity index (χ0) is 21.7. The molecule has 8 nitrogen and oxygen atoms in total. The van der Waals surface area contributed by atoms with Crippen molar-refractivity contribution in [1.82, 2.24) is 34.8 Å². The summed E-state index contributed by atoms with van der Waals surface area (Å²) in [5.41, 5.74) is 2.75. The highest BCUT2D eigenvalue weighted by Gasteiger charge is 2.36. The number of carbonyl (C=O) groups is 1. The predicted molar refractivity (Wildman–Crippen MR) is 108 cm³/mol. The van der Waals surface area contributed by atoms with Crippen molar-refractivity contribution in [2.75, 3.05) is 19.6 Å². The first kappa shape index (κ1) is 19.8. The van der Waals surface area contributed by atoms with E-state index in [9.17, 15) is 13.6 Å². The van der Waals surface area contributed by atoms with Crippen molar-refractivity contribution in [1.29, 1.82) is 0 Å². The van der Waals surface area contributed by atoms with Crippen molar-refractivity contribution in [3.05, 3.63) is 53.2 Å². The van der Waals surface area contributed by atoms with Gasteiger partial charge in [0.25, 0.3) is 5.91 Å². The van der Waals surface area contributed by atoms with Crippen molar-refractivity contribution >= 4 is 5.91 Å². The highest BCUT2D eigenvalue weighted by atomic mass is 19.1. The van der Waals surface area contributed by atoms with Crippen LogP contribution in [-0.2, 0) is 13.5 Å². The number of aromatic nitrogens is 5. The monoisotopic (exact) mass is 427 g/mol. The van der Waals surface area contributed by atoms with Crippen LogP contribution in [0.1, 0.15) is 47.3 Å². The number of amides is 1. The average molecular weight is 427 g/mol. The topological polar surface area (TPSA) is 80.9 Å². The third-order valence-electron chi connectivity index (χ3n) is 6.18. The molecule has 31 heavy (non-hydrogen) atoms. The maximum absolute atomic E-state index is 13.8. The van der Waals surface area contributed by atoms with Crippen LogP contribution in [0, 0.1) is 11.6 Å². The van der Waals surface area contributed by atoms with Crippen LogP contribution in [0.5, 0.6) is 0 Å². The molecule has 1 N–H and O–H groups in total. The lowest BCUT2D eigenvalue weighted by molar-refractivity contribution is 0.0651. The zero-order valence-electron chi connectivity index (χ0n) is 17.3. The molecule has 1 fully saturated rings. The quantitative estimate of drug-likeness (QED) is 0.694. The van der Waals surface area contributed by atoms with Gasteiger partial charge in [-0.1, -0.05) is 0 Å². The molecule has 162 valence electrons. The number of hydrogen-bond donors (Lipinski definition) is 1. The molecule has 2 aliphatic heterocycles. The minimum absolute atomic E-state index is 0.112. The summed E-state index contributed by atoms with van der Waals surface area (Å²) in [5.74, 6) is -1.13. The summed E-state index contributed by atoms with van der Waals surface area (Å²) in [6.45, 7) is 4.02. The molecule has 1 aromatic carbocycles. The number of benzene rings is 1. The highest BCUT2D eigenvalue weighted by molar-refractivity contribution is 5.91. The van der Waals surface area contributed by atoms with Crippen molar-refractivity contribution in [2.24, 2.45) is 7.05 Å². The third kappa shape index (κ3) is 3.31. The predicted octanol–water partition coefficient (Wildman–Crippen LogP) is 2.25. The van der Waals surface area contributed by atoms with Crippen molar-refractivity contribution in [3.8, 4) is 11.3 Å². The molecular weight excluding hydrogens is 404 g/mol. The number of nitrogens with zero attached hydrogens (tertiary/aromatic N) is 6. The molecule has 2 aromatic heterocycles. The lowest BCUT2D eigenvalue weighted by Gasteiger charge is -2.32. The molecule has 0 bridgehead atoms. The Morgan fingerprint density at radius 1 is 1.23 bits per heavy atom. The van der Waals surface area contributed by atoms with Gasteiger partial charge in [-0.05, 0) is 38.4 Å². The number of hydrogen-bond acceptors (Lipinski definition) is 5. The Hall–Kier alpha value is -3.14. The Kier molecular flexibility index (Phi) is 4.81. The van der Waals surface area contributed by atoms with E-state index in [4.69, 9.17) is 0 Å². The van der Waals surface area contributed by atoms with Gasteiger partial charge in [0.05, 0.1) is 23.5 Å². The summed E-state index contributed by atoms with van der Waals surface area (Å²) >= 11 is 0. The molecule has 4 heterocycles. The van der Waals surface area contributed by atoms with Gasteiger partial charge < -0.3 is 10.2 Å². The molecule has 1 saturated heterocycles. The SMILES string of the molecule is CC1c2nn(C)c(-c3cc(F)cc(F)c3)c2CCN1C(=O)c1ncnn1C1CCNC1. The fraction of sp³-hybridized carbons (Fsp3) is 0.429. The molecule has 2 aliphatic rings. The van der Waals surface area contributed by atoms with Gasteiger partial charge in [-0.2, -0.15) is 10.2 Å². The molecule has 3 aromatic rings. The summed E-state index contributed by atoms with van der Waals surface area (Å²) in [4.78, 5) is 19.3. The van der Waals surface area contributed by atoms with E-state index < -0.39 is 11.6 Å². The van der Waals surface area contributed by atoms with Crippen LogP contribution in [0.15, 0.2) is 24.5 Å². The van der Waals surface area contributed by atoms with Gasteiger partial charge in [0.1, 0.15) is 18.0 Å². The second-order valence-electron chi connectivity index (χ2n) is 8.09. The third-order valence-corrected chi connectivity index (χ3v) is 6.18. The Balaban J connectivity index is 1.47. The van der Waals surface area contributed by atoms with Gasteiger partial charge in [0.15, 0.2) is 0 Å². The Bertz CT molecular complexity index is 1130. The first-order chi connectivity index (χ1) is 14.9. The minimum atomic E-state index is -0.633. The van der Waals surface area contributed by atoms with Gasteiger partial charge >= 0.3 is 0 Å². The largest absolute Gasteiger partial charge is 0.327 e. The van der Waals surface area contributed by atoms with Crippen molar-refractivity contribution < 1.29 is 13.6 Å². The summed E-state index contributed by atoms with van der Waals surface area (Å²) in [6.07, 6.45) is 2.85. The van der Waals surface area contributed by atoms with E-state index in [1.807, 2.05) is 6.92 Å². The molecule has 0 aliphatic carbocycles. The van der Waals surface area contributed by atoms with Crippen LogP contribution in [-0.4, -0.2) is 55.0 Å². The van der Waals surface area contributed by atoms with Crippen LogP contribution < -0.4 is 5.32 Å². The first-order valence-electron chi connectivity index (χ1n) is 10.4. The average Bonchev–Trinajstić information content (AvgIpc) is 3.46. The summed E-state index contributed by atoms with van der Waals surface area (Å²) in [7, 11) is 1.75. The van der Waals surface area contributed by atoms with E-state index in [-0.39, 0.29) is 18.0 Å². The summed E-state index contributed by atoms with van der Waals surface area (Å²) in [6, 6.07) is 3.27. The number of carbonyl (C=O) groups excluding carboxylic acids is 1. The van der Waals surface area contributed by atoms with Crippen LogP contribution >= 0.6 is 0 Å². The Morgan fingerprint density at radius 2 is 2.00 bits per heavy atom. The van der Waals surface area contributed by atoms with Crippen LogP contribution in [0.4, 0.5) is 8.78 Å². The molecule has 10 heteroatoms. The maximum atomic E-state index is 13.8. The van der Waals surface area contributed by atoms with E-state index in [1.165, 1.54) is 18.5 Å². The minimum Gasteiger partial charge on any atom is -0.327 e. The lowest BCUT2D eigenvalue weighted by atomic mass is 9.95. The zero-order valence-corrected chi connectivity index (χ0v) is 17.3. The van der Waals surface area contributed by atoms with E-state index in [1.54, 1.807) is 21.3 Å². The van der Waals surface area contributed by atoms with Gasteiger partial charge in [0, 0.05) is 37.3 Å². The Labute approximate surface area is 177 Å². The first-order valence-corrected chi connectivity index (χ1v) is 10.4. The standard InChI is InChI=1S/C21H23F2N7O/c1-12-18-17(19(28(2)27-18)13-7-14(22)9-15(23)8-13)4-6-29(12)21(31)20-25-11-26-30(20)16-3-5-24-10-16/h7-9,11-12,16,24H,3-6,10H2,1-2H3. The van der Waals surface area contributed by atoms with Gasteiger partial charge in [0.2, 0.25) is 5.82 Å². The molecule has 0 saturated carbocycles. The molecule has 1 amide bonds. The van der Waals surface area contributed by atoms with E-state index in [0.29, 0.717) is 30.0 Å². The number of fused-ring (bicyclic) bond motifs is 1. The molecule has 5 rings (SSSR count). The second-order valence-corrected chi connectivity index (χ2v) is 8.09. The summed E-state index contributed by atoms with van der Waals surface area (Å²) < 4.78 is 31.0. The number of rotatable bonds is 3. The van der Waals surface area contributed by atoms with Crippen LogP contribution in [0.3, 0.4) is 0 Å². The molecule has 2 atom stereocenters. The summed E-state index contributed by atoms with van der Waals surface area (Å²) in [5, 5.41) is 12.2. The number of halogens is 2. The smallest absolute Gasteiger partial charge is 0.291 e. The van der Waals surface area contributed by atoms with Crippen molar-refractivity contribution in [2.45, 2.75) is 31.8 Å². The number of aryl methyl sites for hydroxylation is 1.